The van der Waals surface area contributed by atoms with Gasteiger partial charge in [0, 0.05) is 51.4 Å². The third-order valence-electron chi connectivity index (χ3n) is 5.16. The maximum Gasteiger partial charge on any atom is 0.124 e. The molecule has 2 saturated heterocycles. The average Bonchev–Trinajstić information content (AvgIpc) is 2.63. The lowest BCUT2D eigenvalue weighted by Gasteiger charge is -2.40. The van der Waals surface area contributed by atoms with Crippen LogP contribution in [0.3, 0.4) is 0 Å². The average molecular weight is 333 g/mol. The zero-order valence-corrected chi connectivity index (χ0v) is 14.8. The van der Waals surface area contributed by atoms with Crippen LogP contribution in [0.5, 0.6) is 5.75 Å². The van der Waals surface area contributed by atoms with Gasteiger partial charge in [-0.05, 0) is 25.8 Å². The van der Waals surface area contributed by atoms with Crippen LogP contribution in [0.1, 0.15) is 31.4 Å². The minimum absolute atomic E-state index is 0.116. The van der Waals surface area contributed by atoms with Crippen LogP contribution in [0.25, 0.3) is 0 Å². The van der Waals surface area contributed by atoms with E-state index in [9.17, 15) is 5.11 Å². The van der Waals surface area contributed by atoms with E-state index in [1.807, 2.05) is 6.92 Å². The monoisotopic (exact) mass is 333 g/mol. The van der Waals surface area contributed by atoms with Crippen molar-refractivity contribution < 1.29 is 9.84 Å². The molecule has 134 valence electrons. The first kappa shape index (κ1) is 17.7. The molecule has 2 aliphatic rings. The molecule has 1 aromatic rings. The summed E-state index contributed by atoms with van der Waals surface area (Å²) < 4.78 is 5.91. The summed E-state index contributed by atoms with van der Waals surface area (Å²) in [4.78, 5) is 5.08. The van der Waals surface area contributed by atoms with E-state index in [2.05, 4.69) is 39.4 Å². The summed E-state index contributed by atoms with van der Waals surface area (Å²) in [6, 6.07) is 8.84. The number of piperazine rings is 1. The van der Waals surface area contributed by atoms with Crippen LogP contribution in [-0.2, 0) is 0 Å². The SMILES string of the molecule is CCOc1ccccc1C(CN1CCC(O)CC1)N1CCNCC1. The first-order valence-corrected chi connectivity index (χ1v) is 9.35. The standard InChI is InChI=1S/C19H31N3O2/c1-2-24-19-6-4-3-5-17(19)18(22-13-9-20-10-14-22)15-21-11-7-16(23)8-12-21/h3-6,16,18,20,23H,2,7-15H2,1H3. The number of piperidine rings is 1. The Morgan fingerprint density at radius 2 is 1.88 bits per heavy atom. The zero-order valence-electron chi connectivity index (χ0n) is 14.8. The van der Waals surface area contributed by atoms with Crippen LogP contribution < -0.4 is 10.1 Å². The van der Waals surface area contributed by atoms with Crippen LogP contribution in [0.4, 0.5) is 0 Å². The molecule has 2 aliphatic heterocycles. The summed E-state index contributed by atoms with van der Waals surface area (Å²) in [7, 11) is 0. The molecule has 5 nitrogen and oxygen atoms in total. The lowest BCUT2D eigenvalue weighted by Crippen LogP contribution is -2.49. The van der Waals surface area contributed by atoms with Gasteiger partial charge in [0.25, 0.3) is 0 Å². The lowest BCUT2D eigenvalue weighted by molar-refractivity contribution is 0.0583. The number of hydrogen-bond donors (Lipinski definition) is 2. The summed E-state index contributed by atoms with van der Waals surface area (Å²) in [6.45, 7) is 9.96. The maximum atomic E-state index is 9.78. The van der Waals surface area contributed by atoms with Crippen molar-refractivity contribution in [1.82, 2.24) is 15.1 Å². The Bertz CT molecular complexity index is 497. The minimum Gasteiger partial charge on any atom is -0.494 e. The number of ether oxygens (including phenoxy) is 1. The largest absolute Gasteiger partial charge is 0.494 e. The molecule has 0 aromatic heterocycles. The fraction of sp³-hybridized carbons (Fsp3) is 0.684. The maximum absolute atomic E-state index is 9.78. The van der Waals surface area contributed by atoms with Gasteiger partial charge in [-0.15, -0.1) is 0 Å². The Morgan fingerprint density at radius 3 is 2.58 bits per heavy atom. The second-order valence-corrected chi connectivity index (χ2v) is 6.80. The van der Waals surface area contributed by atoms with E-state index >= 15 is 0 Å². The second kappa shape index (κ2) is 8.81. The number of aliphatic hydroxyl groups excluding tert-OH is 1. The molecule has 0 bridgehead atoms. The zero-order chi connectivity index (χ0) is 16.8. The highest BCUT2D eigenvalue weighted by Gasteiger charge is 2.28. The van der Waals surface area contributed by atoms with Gasteiger partial charge in [-0.3, -0.25) is 4.90 Å². The van der Waals surface area contributed by atoms with Gasteiger partial charge in [0.1, 0.15) is 5.75 Å². The third kappa shape index (κ3) is 4.48. The van der Waals surface area contributed by atoms with Gasteiger partial charge >= 0.3 is 0 Å². The molecule has 2 heterocycles. The van der Waals surface area contributed by atoms with E-state index in [1.54, 1.807) is 0 Å². The van der Waals surface area contributed by atoms with Crippen LogP contribution in [-0.4, -0.2) is 73.4 Å². The van der Waals surface area contributed by atoms with E-state index in [4.69, 9.17) is 4.74 Å². The molecular formula is C19H31N3O2. The normalized spacial score (nSPS) is 22.4. The lowest BCUT2D eigenvalue weighted by atomic mass is 10.0. The first-order chi connectivity index (χ1) is 11.8. The predicted molar refractivity (Wildman–Crippen MR) is 96.5 cm³/mol. The minimum atomic E-state index is -0.116. The highest BCUT2D eigenvalue weighted by molar-refractivity contribution is 5.36. The van der Waals surface area contributed by atoms with Gasteiger partial charge in [0.2, 0.25) is 0 Å². The number of likely N-dealkylation sites (tertiary alicyclic amines) is 1. The highest BCUT2D eigenvalue weighted by atomic mass is 16.5. The van der Waals surface area contributed by atoms with Crippen LogP contribution in [0.2, 0.25) is 0 Å². The van der Waals surface area contributed by atoms with Crippen LogP contribution in [0, 0.1) is 0 Å². The van der Waals surface area contributed by atoms with Gasteiger partial charge in [0.15, 0.2) is 0 Å². The summed E-state index contributed by atoms with van der Waals surface area (Å²) in [5.41, 5.74) is 1.30. The van der Waals surface area contributed by atoms with Crippen molar-refractivity contribution in [3.8, 4) is 5.75 Å². The van der Waals surface area contributed by atoms with E-state index in [-0.39, 0.29) is 6.10 Å². The summed E-state index contributed by atoms with van der Waals surface area (Å²) in [6.07, 6.45) is 1.66. The van der Waals surface area contributed by atoms with Gasteiger partial charge in [0.05, 0.1) is 18.8 Å². The third-order valence-corrected chi connectivity index (χ3v) is 5.16. The molecular weight excluding hydrogens is 302 g/mol. The Morgan fingerprint density at radius 1 is 1.17 bits per heavy atom. The molecule has 5 heteroatoms. The first-order valence-electron chi connectivity index (χ1n) is 9.35. The second-order valence-electron chi connectivity index (χ2n) is 6.80. The molecule has 2 fully saturated rings. The molecule has 0 spiro atoms. The number of benzene rings is 1. The topological polar surface area (TPSA) is 48.0 Å². The fourth-order valence-corrected chi connectivity index (χ4v) is 3.79. The predicted octanol–water partition coefficient (Wildman–Crippen LogP) is 1.49. The van der Waals surface area contributed by atoms with Gasteiger partial charge in [-0.25, -0.2) is 0 Å². The summed E-state index contributed by atoms with van der Waals surface area (Å²) in [5.74, 6) is 1.01. The van der Waals surface area contributed by atoms with Gasteiger partial charge < -0.3 is 20.1 Å². The number of para-hydroxylation sites is 1. The highest BCUT2D eigenvalue weighted by Crippen LogP contribution is 2.31. The van der Waals surface area contributed by atoms with E-state index < -0.39 is 0 Å². The van der Waals surface area contributed by atoms with Crippen LogP contribution in [0.15, 0.2) is 24.3 Å². The molecule has 0 radical (unpaired) electrons. The summed E-state index contributed by atoms with van der Waals surface area (Å²) in [5, 5.41) is 13.2. The van der Waals surface area contributed by atoms with E-state index in [0.29, 0.717) is 12.6 Å². The van der Waals surface area contributed by atoms with Crippen molar-refractivity contribution >= 4 is 0 Å². The van der Waals surface area contributed by atoms with Crippen molar-refractivity contribution in [1.29, 1.82) is 0 Å². The van der Waals surface area contributed by atoms with E-state index in [1.165, 1.54) is 5.56 Å². The van der Waals surface area contributed by atoms with Crippen molar-refractivity contribution in [2.75, 3.05) is 52.4 Å². The fourth-order valence-electron chi connectivity index (χ4n) is 3.79. The molecule has 1 atom stereocenters. The molecule has 24 heavy (non-hydrogen) atoms. The molecule has 1 aromatic carbocycles. The Labute approximate surface area is 145 Å². The smallest absolute Gasteiger partial charge is 0.124 e. The van der Waals surface area contributed by atoms with Crippen molar-refractivity contribution in [2.24, 2.45) is 0 Å². The molecule has 3 rings (SSSR count). The molecule has 0 amide bonds. The van der Waals surface area contributed by atoms with Gasteiger partial charge in [-0.1, -0.05) is 18.2 Å². The number of hydrogen-bond acceptors (Lipinski definition) is 5. The molecule has 0 saturated carbocycles. The number of rotatable bonds is 6. The molecule has 1 unspecified atom stereocenters. The Balaban J connectivity index is 1.79. The molecule has 2 N–H and O–H groups in total. The van der Waals surface area contributed by atoms with Crippen molar-refractivity contribution in [2.45, 2.75) is 31.9 Å². The van der Waals surface area contributed by atoms with E-state index in [0.717, 1.165) is 64.4 Å². The van der Waals surface area contributed by atoms with Crippen molar-refractivity contribution in [3.05, 3.63) is 29.8 Å². The number of nitrogens with one attached hydrogen (secondary N) is 1. The molecule has 0 aliphatic carbocycles. The van der Waals surface area contributed by atoms with Crippen LogP contribution >= 0.6 is 0 Å². The van der Waals surface area contributed by atoms with Crippen molar-refractivity contribution in [3.63, 3.8) is 0 Å². The quantitative estimate of drug-likeness (QED) is 0.826. The van der Waals surface area contributed by atoms with Gasteiger partial charge in [-0.2, -0.15) is 0 Å². The Hall–Kier alpha value is -1.14. The Kier molecular flexibility index (Phi) is 6.49. The summed E-state index contributed by atoms with van der Waals surface area (Å²) >= 11 is 0. The number of aliphatic hydroxyl groups is 1. The number of nitrogens with zero attached hydrogens (tertiary/aromatic N) is 2.